The van der Waals surface area contributed by atoms with Crippen molar-refractivity contribution in [1.82, 2.24) is 0 Å². The summed E-state index contributed by atoms with van der Waals surface area (Å²) in [4.78, 5) is 24.6. The van der Waals surface area contributed by atoms with Crippen LogP contribution in [0.15, 0.2) is 72.8 Å². The lowest BCUT2D eigenvalue weighted by atomic mass is 10.1. The van der Waals surface area contributed by atoms with Gasteiger partial charge in [0.25, 0.3) is 5.91 Å². The molecule has 6 heteroatoms. The van der Waals surface area contributed by atoms with Crippen LogP contribution in [0.4, 0.5) is 5.69 Å². The zero-order valence-electron chi connectivity index (χ0n) is 18.3. The maximum atomic E-state index is 12.4. The highest BCUT2D eigenvalue weighted by molar-refractivity contribution is 6.07. The van der Waals surface area contributed by atoms with E-state index in [1.165, 1.54) is 13.2 Å². The molecule has 0 atom stereocenters. The Morgan fingerprint density at radius 3 is 2.41 bits per heavy atom. The number of hydrogen-bond donors (Lipinski definition) is 1. The second kappa shape index (κ2) is 10.8. The number of carbonyl (C=O) groups excluding carboxylic acids is 2. The highest BCUT2D eigenvalue weighted by atomic mass is 16.5. The van der Waals surface area contributed by atoms with Crippen LogP contribution in [0.1, 0.15) is 21.5 Å². The summed E-state index contributed by atoms with van der Waals surface area (Å²) in [6.07, 6.45) is 3.18. The molecule has 1 amide bonds. The molecule has 0 spiro atoms. The number of ether oxygens (including phenoxy) is 3. The van der Waals surface area contributed by atoms with Crippen molar-refractivity contribution in [1.29, 1.82) is 0 Å². The minimum Gasteiger partial charge on any atom is -0.497 e. The van der Waals surface area contributed by atoms with Crippen LogP contribution in [0.25, 0.3) is 6.08 Å². The number of allylic oxidation sites excluding steroid dienone is 1. The smallest absolute Gasteiger partial charge is 0.262 e. The average molecular weight is 431 g/mol. The predicted molar refractivity (Wildman–Crippen MR) is 125 cm³/mol. The van der Waals surface area contributed by atoms with Crippen LogP contribution in [0, 0.1) is 6.92 Å². The van der Waals surface area contributed by atoms with Crippen LogP contribution >= 0.6 is 0 Å². The Bertz CT molecular complexity index is 1120. The van der Waals surface area contributed by atoms with E-state index >= 15 is 0 Å². The molecule has 0 heterocycles. The molecule has 0 aromatic heterocycles. The van der Waals surface area contributed by atoms with Crippen molar-refractivity contribution in [2.24, 2.45) is 0 Å². The molecule has 0 fully saturated rings. The van der Waals surface area contributed by atoms with Crippen LogP contribution < -0.4 is 19.5 Å². The van der Waals surface area contributed by atoms with Gasteiger partial charge in [-0.15, -0.1) is 0 Å². The Kier molecular flexibility index (Phi) is 7.65. The number of benzene rings is 3. The first kappa shape index (κ1) is 22.6. The van der Waals surface area contributed by atoms with Crippen molar-refractivity contribution < 1.29 is 23.8 Å². The number of methoxy groups -OCH3 is 2. The summed E-state index contributed by atoms with van der Waals surface area (Å²) in [6, 6.07) is 19.7. The van der Waals surface area contributed by atoms with Crippen LogP contribution in [-0.4, -0.2) is 32.5 Å². The molecule has 164 valence electrons. The first-order chi connectivity index (χ1) is 15.5. The molecule has 32 heavy (non-hydrogen) atoms. The van der Waals surface area contributed by atoms with Gasteiger partial charge >= 0.3 is 0 Å². The molecule has 3 aromatic rings. The number of carbonyl (C=O) groups is 2. The maximum Gasteiger partial charge on any atom is 0.262 e. The highest BCUT2D eigenvalue weighted by Gasteiger charge is 2.09. The number of nitrogens with one attached hydrogen (secondary N) is 1. The van der Waals surface area contributed by atoms with Crippen molar-refractivity contribution in [2.75, 3.05) is 26.1 Å². The molecule has 6 nitrogen and oxygen atoms in total. The van der Waals surface area contributed by atoms with Crippen molar-refractivity contribution in [3.05, 3.63) is 89.5 Å². The molecule has 0 aliphatic carbocycles. The third-order valence-electron chi connectivity index (χ3n) is 4.66. The van der Waals surface area contributed by atoms with E-state index in [2.05, 4.69) is 5.32 Å². The summed E-state index contributed by atoms with van der Waals surface area (Å²) in [5, 5.41) is 2.78. The molecule has 0 bridgehead atoms. The van der Waals surface area contributed by atoms with Crippen molar-refractivity contribution in [2.45, 2.75) is 6.92 Å². The number of hydrogen-bond acceptors (Lipinski definition) is 5. The van der Waals surface area contributed by atoms with E-state index in [1.807, 2.05) is 31.2 Å². The summed E-state index contributed by atoms with van der Waals surface area (Å²) in [6.45, 7) is 1.82. The minimum absolute atomic E-state index is 0.143. The lowest BCUT2D eigenvalue weighted by Gasteiger charge is -2.11. The number of anilines is 1. The Morgan fingerprint density at radius 2 is 1.69 bits per heavy atom. The van der Waals surface area contributed by atoms with E-state index in [4.69, 9.17) is 14.2 Å². The lowest BCUT2D eigenvalue weighted by Crippen LogP contribution is -2.20. The van der Waals surface area contributed by atoms with Gasteiger partial charge in [-0.1, -0.05) is 42.0 Å². The quantitative estimate of drug-likeness (QED) is 0.384. The highest BCUT2D eigenvalue weighted by Crippen LogP contribution is 2.28. The Hall–Kier alpha value is -4.06. The molecule has 3 rings (SSSR count). The van der Waals surface area contributed by atoms with Gasteiger partial charge in [0.2, 0.25) is 0 Å². The second-order valence-corrected chi connectivity index (χ2v) is 7.04. The molecule has 0 aliphatic heterocycles. The van der Waals surface area contributed by atoms with Gasteiger partial charge in [0.1, 0.15) is 5.75 Å². The van der Waals surface area contributed by atoms with Gasteiger partial charge in [0.15, 0.2) is 23.9 Å². The fourth-order valence-electron chi connectivity index (χ4n) is 2.93. The first-order valence-electron chi connectivity index (χ1n) is 10.0. The van der Waals surface area contributed by atoms with Gasteiger partial charge in [0, 0.05) is 11.3 Å². The molecule has 0 aliphatic rings. The molecule has 0 radical (unpaired) electrons. The third kappa shape index (κ3) is 6.22. The molecular formula is C26H25NO5. The Balaban J connectivity index is 1.62. The van der Waals surface area contributed by atoms with E-state index in [0.717, 1.165) is 11.1 Å². The van der Waals surface area contributed by atoms with E-state index < -0.39 is 0 Å². The van der Waals surface area contributed by atoms with Crippen molar-refractivity contribution >= 4 is 23.5 Å². The van der Waals surface area contributed by atoms with E-state index in [9.17, 15) is 9.59 Å². The van der Waals surface area contributed by atoms with Gasteiger partial charge in [-0.2, -0.15) is 0 Å². The largest absolute Gasteiger partial charge is 0.497 e. The number of rotatable bonds is 9. The van der Waals surface area contributed by atoms with Gasteiger partial charge in [-0.3, -0.25) is 9.59 Å². The maximum absolute atomic E-state index is 12.4. The summed E-state index contributed by atoms with van der Waals surface area (Å²) < 4.78 is 16.2. The summed E-state index contributed by atoms with van der Waals surface area (Å²) in [5.41, 5.74) is 3.11. The van der Waals surface area contributed by atoms with E-state index in [0.29, 0.717) is 28.5 Å². The van der Waals surface area contributed by atoms with Gasteiger partial charge in [-0.05, 0) is 55.0 Å². The number of ketones is 1. The van der Waals surface area contributed by atoms with Crippen molar-refractivity contribution in [3.63, 3.8) is 0 Å². The Morgan fingerprint density at radius 1 is 0.906 bits per heavy atom. The fourth-order valence-corrected chi connectivity index (χ4v) is 2.93. The molecule has 3 aromatic carbocycles. The Labute approximate surface area is 187 Å². The van der Waals surface area contributed by atoms with Crippen LogP contribution in [-0.2, 0) is 4.79 Å². The topological polar surface area (TPSA) is 73.9 Å². The monoisotopic (exact) mass is 431 g/mol. The van der Waals surface area contributed by atoms with Crippen LogP contribution in [0.5, 0.6) is 17.2 Å². The zero-order valence-corrected chi connectivity index (χ0v) is 18.3. The van der Waals surface area contributed by atoms with E-state index in [-0.39, 0.29) is 18.3 Å². The fraction of sp³-hybridized carbons (Fsp3) is 0.154. The zero-order chi connectivity index (χ0) is 22.9. The molecule has 0 saturated carbocycles. The molecule has 0 saturated heterocycles. The van der Waals surface area contributed by atoms with Crippen molar-refractivity contribution in [3.8, 4) is 17.2 Å². The van der Waals surface area contributed by atoms with Gasteiger partial charge < -0.3 is 19.5 Å². The van der Waals surface area contributed by atoms with Crippen LogP contribution in [0.2, 0.25) is 0 Å². The second-order valence-electron chi connectivity index (χ2n) is 7.04. The predicted octanol–water partition coefficient (Wildman–Crippen LogP) is 4.93. The number of amides is 1. The first-order valence-corrected chi connectivity index (χ1v) is 10.0. The lowest BCUT2D eigenvalue weighted by molar-refractivity contribution is -0.118. The summed E-state index contributed by atoms with van der Waals surface area (Å²) >= 11 is 0. The molecular weight excluding hydrogens is 406 g/mol. The minimum atomic E-state index is -0.274. The third-order valence-corrected chi connectivity index (χ3v) is 4.66. The molecule has 0 unspecified atom stereocenters. The SMILES string of the molecule is COc1cccc(C(=O)/C=C/c2ccc(OCC(=O)Nc3ccc(C)cc3)c(OC)c2)c1. The average Bonchev–Trinajstić information content (AvgIpc) is 2.82. The number of aryl methyl sites for hydroxylation is 1. The van der Waals surface area contributed by atoms with Gasteiger partial charge in [0.05, 0.1) is 14.2 Å². The van der Waals surface area contributed by atoms with Gasteiger partial charge in [-0.25, -0.2) is 0 Å². The normalized spacial score (nSPS) is 10.6. The van der Waals surface area contributed by atoms with Crippen LogP contribution in [0.3, 0.4) is 0 Å². The standard InChI is InChI=1S/C26H25NO5/c1-18-7-11-21(12-8-18)27-26(29)17-32-24-14-10-19(15-25(24)31-3)9-13-23(28)20-5-4-6-22(16-20)30-2/h4-16H,17H2,1-3H3,(H,27,29)/b13-9+. The summed E-state index contributed by atoms with van der Waals surface area (Å²) in [7, 11) is 3.07. The van der Waals surface area contributed by atoms with E-state index in [1.54, 1.807) is 55.7 Å². The molecule has 1 N–H and O–H groups in total. The summed E-state index contributed by atoms with van der Waals surface area (Å²) in [5.74, 6) is 1.10.